The Labute approximate surface area is 201 Å². The average Bonchev–Trinajstić information content (AvgIpc) is 3.45. The van der Waals surface area contributed by atoms with Gasteiger partial charge in [-0.1, -0.05) is 29.8 Å². The summed E-state index contributed by atoms with van der Waals surface area (Å²) in [7, 11) is 3.50. The molecule has 1 atom stereocenters. The topological polar surface area (TPSA) is 78.3 Å². The molecule has 1 amide bonds. The van der Waals surface area contributed by atoms with Crippen molar-refractivity contribution < 1.29 is 14.3 Å². The molecule has 0 fully saturated rings. The highest BCUT2D eigenvalue weighted by atomic mass is 35.5. The average molecular weight is 483 g/mol. The number of methoxy groups -OCH3 is 1. The van der Waals surface area contributed by atoms with E-state index in [4.69, 9.17) is 21.1 Å². The van der Waals surface area contributed by atoms with Gasteiger partial charge in [0.1, 0.15) is 35.0 Å². The summed E-state index contributed by atoms with van der Waals surface area (Å²) in [5.74, 6) is 1.94. The van der Waals surface area contributed by atoms with Crippen molar-refractivity contribution in [3.8, 4) is 11.5 Å². The van der Waals surface area contributed by atoms with Crippen molar-refractivity contribution in [2.75, 3.05) is 7.11 Å². The molecule has 2 aromatic carbocycles. The first-order valence-corrected chi connectivity index (χ1v) is 11.5. The van der Waals surface area contributed by atoms with Gasteiger partial charge in [-0.15, -0.1) is 11.3 Å². The van der Waals surface area contributed by atoms with E-state index in [-0.39, 0.29) is 12.3 Å². The summed E-state index contributed by atoms with van der Waals surface area (Å²) in [4.78, 5) is 21.9. The molecule has 33 heavy (non-hydrogen) atoms. The van der Waals surface area contributed by atoms with Crippen molar-refractivity contribution in [2.45, 2.75) is 19.1 Å². The van der Waals surface area contributed by atoms with Gasteiger partial charge >= 0.3 is 0 Å². The van der Waals surface area contributed by atoms with Gasteiger partial charge in [-0.05, 0) is 30.3 Å². The number of imidazole rings is 1. The van der Waals surface area contributed by atoms with Crippen molar-refractivity contribution in [1.82, 2.24) is 19.9 Å². The lowest BCUT2D eigenvalue weighted by molar-refractivity contribution is -0.121. The zero-order chi connectivity index (χ0) is 23.2. The van der Waals surface area contributed by atoms with Crippen LogP contribution in [0.15, 0.2) is 66.3 Å². The van der Waals surface area contributed by atoms with Gasteiger partial charge < -0.3 is 19.4 Å². The second kappa shape index (κ2) is 10.5. The summed E-state index contributed by atoms with van der Waals surface area (Å²) in [5.41, 5.74) is 1.52. The summed E-state index contributed by atoms with van der Waals surface area (Å²) in [5, 5.41) is 6.41. The van der Waals surface area contributed by atoms with Crippen molar-refractivity contribution in [1.29, 1.82) is 0 Å². The molecule has 170 valence electrons. The van der Waals surface area contributed by atoms with Gasteiger partial charge in [-0.3, -0.25) is 4.79 Å². The predicted molar refractivity (Wildman–Crippen MR) is 128 cm³/mol. The van der Waals surface area contributed by atoms with Crippen LogP contribution in [-0.4, -0.2) is 27.6 Å². The van der Waals surface area contributed by atoms with Crippen LogP contribution in [0, 0.1) is 0 Å². The Morgan fingerprint density at radius 2 is 2.00 bits per heavy atom. The van der Waals surface area contributed by atoms with E-state index < -0.39 is 6.04 Å². The minimum absolute atomic E-state index is 0.146. The van der Waals surface area contributed by atoms with E-state index in [0.717, 1.165) is 10.6 Å². The van der Waals surface area contributed by atoms with Crippen LogP contribution in [0.5, 0.6) is 11.5 Å². The summed E-state index contributed by atoms with van der Waals surface area (Å²) in [6.45, 7) is 0.324. The van der Waals surface area contributed by atoms with Crippen LogP contribution in [0.3, 0.4) is 0 Å². The molecule has 4 aromatic rings. The second-order valence-corrected chi connectivity index (χ2v) is 8.67. The zero-order valence-electron chi connectivity index (χ0n) is 18.2. The lowest BCUT2D eigenvalue weighted by Crippen LogP contribution is -2.32. The van der Waals surface area contributed by atoms with Crippen molar-refractivity contribution in [2.24, 2.45) is 7.05 Å². The van der Waals surface area contributed by atoms with Crippen LogP contribution < -0.4 is 14.8 Å². The van der Waals surface area contributed by atoms with E-state index in [1.54, 1.807) is 37.6 Å². The normalized spacial score (nSPS) is 11.7. The van der Waals surface area contributed by atoms with Crippen LogP contribution in [0.4, 0.5) is 0 Å². The maximum absolute atomic E-state index is 13.0. The van der Waals surface area contributed by atoms with E-state index in [0.29, 0.717) is 34.6 Å². The van der Waals surface area contributed by atoms with E-state index in [1.807, 2.05) is 47.5 Å². The molecule has 0 aliphatic carbocycles. The number of hydrogen-bond donors (Lipinski definition) is 1. The molecule has 0 bridgehead atoms. The lowest BCUT2D eigenvalue weighted by Gasteiger charge is -2.21. The monoisotopic (exact) mass is 482 g/mol. The molecular formula is C24H23ClN4O3S. The fourth-order valence-electron chi connectivity index (χ4n) is 3.39. The highest BCUT2D eigenvalue weighted by Crippen LogP contribution is 2.29. The quantitative estimate of drug-likeness (QED) is 0.378. The third-order valence-corrected chi connectivity index (χ3v) is 6.11. The molecule has 9 heteroatoms. The Morgan fingerprint density at radius 3 is 2.73 bits per heavy atom. The first kappa shape index (κ1) is 22.8. The van der Waals surface area contributed by atoms with Crippen LogP contribution in [-0.2, 0) is 24.9 Å². The minimum atomic E-state index is -0.458. The molecule has 0 aliphatic rings. The summed E-state index contributed by atoms with van der Waals surface area (Å²) >= 11 is 7.35. The van der Waals surface area contributed by atoms with Gasteiger partial charge in [0.15, 0.2) is 0 Å². The number of carbonyl (C=O) groups excluding carboxylic acids is 1. The highest BCUT2D eigenvalue weighted by molar-refractivity contribution is 7.09. The zero-order valence-corrected chi connectivity index (χ0v) is 19.8. The number of thiazole rings is 1. The molecule has 2 aromatic heterocycles. The number of benzene rings is 2. The van der Waals surface area contributed by atoms with E-state index in [9.17, 15) is 4.79 Å². The molecular weight excluding hydrogens is 460 g/mol. The number of rotatable bonds is 9. The van der Waals surface area contributed by atoms with Gasteiger partial charge in [0.05, 0.1) is 19.2 Å². The largest absolute Gasteiger partial charge is 0.496 e. The van der Waals surface area contributed by atoms with Crippen molar-refractivity contribution in [3.05, 3.63) is 93.4 Å². The van der Waals surface area contributed by atoms with Crippen LogP contribution in [0.1, 0.15) is 28.1 Å². The predicted octanol–water partition coefficient (Wildman–Crippen LogP) is 4.57. The van der Waals surface area contributed by atoms with E-state index in [1.165, 1.54) is 11.3 Å². The summed E-state index contributed by atoms with van der Waals surface area (Å²) < 4.78 is 13.1. The maximum atomic E-state index is 13.0. The fraction of sp³-hybridized carbons (Fsp3) is 0.208. The number of carbonyl (C=O) groups is 1. The maximum Gasteiger partial charge on any atom is 0.226 e. The Morgan fingerprint density at radius 1 is 1.21 bits per heavy atom. The Hall–Kier alpha value is -3.36. The SMILES string of the molecule is COc1ccccc1C(NC(=O)Cc1csc(COc2ccc(Cl)cc2)n1)c1nccn1C. The Bertz CT molecular complexity index is 1220. The summed E-state index contributed by atoms with van der Waals surface area (Å²) in [6, 6.07) is 14.3. The number of amides is 1. The first-order valence-electron chi connectivity index (χ1n) is 10.2. The minimum Gasteiger partial charge on any atom is -0.496 e. The third-order valence-electron chi connectivity index (χ3n) is 4.99. The highest BCUT2D eigenvalue weighted by Gasteiger charge is 2.24. The smallest absolute Gasteiger partial charge is 0.226 e. The van der Waals surface area contributed by atoms with Gasteiger partial charge in [-0.2, -0.15) is 0 Å². The number of hydrogen-bond acceptors (Lipinski definition) is 6. The molecule has 2 heterocycles. The molecule has 0 saturated heterocycles. The number of para-hydroxylation sites is 1. The third kappa shape index (κ3) is 5.71. The van der Waals surface area contributed by atoms with Gasteiger partial charge in [0.2, 0.25) is 5.91 Å². The summed E-state index contributed by atoms with van der Waals surface area (Å²) in [6.07, 6.45) is 3.70. The number of aromatic nitrogens is 3. The van der Waals surface area contributed by atoms with Crippen LogP contribution in [0.2, 0.25) is 5.02 Å². The number of ether oxygens (including phenoxy) is 2. The van der Waals surface area contributed by atoms with E-state index >= 15 is 0 Å². The number of halogens is 1. The Kier molecular flexibility index (Phi) is 7.26. The van der Waals surface area contributed by atoms with Gasteiger partial charge in [-0.25, -0.2) is 9.97 Å². The molecule has 4 rings (SSSR count). The standard InChI is InChI=1S/C24H23ClN4O3S/c1-29-12-11-26-24(29)23(19-5-3-4-6-20(19)31-2)28-21(30)13-17-15-33-22(27-17)14-32-18-9-7-16(25)8-10-18/h3-12,15,23H,13-14H2,1-2H3,(H,28,30). The Balaban J connectivity index is 1.44. The molecule has 1 N–H and O–H groups in total. The van der Waals surface area contributed by atoms with E-state index in [2.05, 4.69) is 15.3 Å². The lowest BCUT2D eigenvalue weighted by atomic mass is 10.0. The molecule has 0 saturated carbocycles. The first-order chi connectivity index (χ1) is 16.0. The molecule has 1 unspecified atom stereocenters. The number of nitrogens with one attached hydrogen (secondary N) is 1. The molecule has 0 radical (unpaired) electrons. The van der Waals surface area contributed by atoms with Crippen LogP contribution in [0.25, 0.3) is 0 Å². The van der Waals surface area contributed by atoms with Gasteiger partial charge in [0, 0.05) is 35.4 Å². The van der Waals surface area contributed by atoms with Crippen molar-refractivity contribution >= 4 is 28.8 Å². The molecule has 7 nitrogen and oxygen atoms in total. The van der Waals surface area contributed by atoms with Crippen molar-refractivity contribution in [3.63, 3.8) is 0 Å². The fourth-order valence-corrected chi connectivity index (χ4v) is 4.22. The molecule has 0 aliphatic heterocycles. The second-order valence-electron chi connectivity index (χ2n) is 7.29. The number of aryl methyl sites for hydroxylation is 1. The van der Waals surface area contributed by atoms with Gasteiger partial charge in [0.25, 0.3) is 0 Å². The molecule has 0 spiro atoms. The number of nitrogens with zero attached hydrogens (tertiary/aromatic N) is 3. The van der Waals surface area contributed by atoms with Crippen LogP contribution >= 0.6 is 22.9 Å².